The summed E-state index contributed by atoms with van der Waals surface area (Å²) in [6.07, 6.45) is 1.39. The van der Waals surface area contributed by atoms with Crippen LogP contribution in [-0.4, -0.2) is 11.0 Å². The second kappa shape index (κ2) is 7.28. The summed E-state index contributed by atoms with van der Waals surface area (Å²) < 4.78 is 6.95. The average molecular weight is 332 g/mol. The molecule has 0 aliphatic heterocycles. The van der Waals surface area contributed by atoms with Crippen LogP contribution in [0.2, 0.25) is 0 Å². The third kappa shape index (κ3) is 4.83. The molecule has 0 N–H and O–H groups in total. The van der Waals surface area contributed by atoms with Gasteiger partial charge in [0.2, 0.25) is 0 Å². The lowest BCUT2D eigenvalue weighted by Gasteiger charge is -2.17. The second-order valence-corrected chi connectivity index (χ2v) is 5.49. The molecule has 1 aromatic rings. The van der Waals surface area contributed by atoms with Gasteiger partial charge in [-0.15, -0.1) is 0 Å². The first-order valence-electron chi connectivity index (χ1n) is 5.87. The van der Waals surface area contributed by atoms with E-state index in [0.717, 1.165) is 17.5 Å². The lowest BCUT2D eigenvalue weighted by molar-refractivity contribution is 0.0633. The van der Waals surface area contributed by atoms with Crippen LogP contribution in [0.5, 0.6) is 0 Å². The Morgan fingerprint density at radius 1 is 1.31 bits per heavy atom. The molecule has 0 saturated carbocycles. The molecule has 0 aliphatic rings. The Balaban J connectivity index is 2.53. The van der Waals surface area contributed by atoms with E-state index in [0.29, 0.717) is 5.92 Å². The lowest BCUT2D eigenvalue weighted by atomic mass is 10.1. The van der Waals surface area contributed by atoms with Gasteiger partial charge in [-0.1, -0.05) is 66.3 Å². The molecule has 0 spiro atoms. The number of halogens is 1. The Morgan fingerprint density at radius 3 is 2.62 bits per heavy atom. The molecule has 0 saturated heterocycles. The van der Waals surface area contributed by atoms with Crippen LogP contribution >= 0.6 is 22.6 Å². The molecule has 0 aromatic heterocycles. The predicted molar refractivity (Wildman–Crippen MR) is 78.2 cm³/mol. The number of ether oxygens (including phenoxy) is 1. The molecule has 1 aromatic carbocycles. The van der Waals surface area contributed by atoms with E-state index >= 15 is 0 Å². The summed E-state index contributed by atoms with van der Waals surface area (Å²) in [5.74, 6) is 0.715. The van der Waals surface area contributed by atoms with Crippen molar-refractivity contribution in [1.29, 1.82) is 0 Å². The Morgan fingerprint density at radius 2 is 2.06 bits per heavy atom. The molecular formula is C14H21IO. The van der Waals surface area contributed by atoms with Crippen molar-refractivity contribution in [1.82, 2.24) is 0 Å². The van der Waals surface area contributed by atoms with E-state index in [4.69, 9.17) is 4.74 Å². The summed E-state index contributed by atoms with van der Waals surface area (Å²) in [6.45, 7) is 7.45. The number of alkyl halides is 1. The third-order valence-electron chi connectivity index (χ3n) is 2.57. The van der Waals surface area contributed by atoms with E-state index in [-0.39, 0.29) is 6.10 Å². The highest BCUT2D eigenvalue weighted by Gasteiger charge is 2.10. The molecule has 0 amide bonds. The van der Waals surface area contributed by atoms with Crippen LogP contribution in [0.3, 0.4) is 0 Å². The zero-order chi connectivity index (χ0) is 12.0. The van der Waals surface area contributed by atoms with E-state index in [1.165, 1.54) is 11.1 Å². The third-order valence-corrected chi connectivity index (χ3v) is 3.37. The Bertz CT molecular complexity index is 309. The van der Waals surface area contributed by atoms with Crippen molar-refractivity contribution in [2.24, 2.45) is 5.92 Å². The minimum Gasteiger partial charge on any atom is -0.373 e. The first-order chi connectivity index (χ1) is 7.63. The van der Waals surface area contributed by atoms with E-state index in [1.54, 1.807) is 0 Å². The topological polar surface area (TPSA) is 9.23 Å². The van der Waals surface area contributed by atoms with Gasteiger partial charge in [-0.2, -0.15) is 0 Å². The number of rotatable bonds is 6. The van der Waals surface area contributed by atoms with E-state index in [2.05, 4.69) is 67.6 Å². The van der Waals surface area contributed by atoms with Gasteiger partial charge in [0, 0.05) is 11.0 Å². The summed E-state index contributed by atoms with van der Waals surface area (Å²) in [4.78, 5) is 0. The van der Waals surface area contributed by atoms with Gasteiger partial charge in [0.1, 0.15) is 0 Å². The first kappa shape index (κ1) is 14.0. The maximum absolute atomic E-state index is 5.94. The van der Waals surface area contributed by atoms with Crippen molar-refractivity contribution in [3.05, 3.63) is 35.4 Å². The summed E-state index contributed by atoms with van der Waals surface area (Å²) in [7, 11) is 0. The molecule has 0 fully saturated rings. The zero-order valence-electron chi connectivity index (χ0n) is 10.4. The first-order valence-corrected chi connectivity index (χ1v) is 7.40. The highest BCUT2D eigenvalue weighted by atomic mass is 127. The normalized spacial score (nSPS) is 13.1. The number of hydrogen-bond acceptors (Lipinski definition) is 1. The van der Waals surface area contributed by atoms with Gasteiger partial charge in [0.15, 0.2) is 0 Å². The van der Waals surface area contributed by atoms with Gasteiger partial charge >= 0.3 is 0 Å². The number of aryl methyl sites for hydroxylation is 1. The summed E-state index contributed by atoms with van der Waals surface area (Å²) >= 11 is 2.40. The molecule has 0 aliphatic carbocycles. The highest BCUT2D eigenvalue weighted by molar-refractivity contribution is 14.1. The standard InChI is InChI=1S/C14H21IO/c1-11(2)7-8-16-14(10-15)13-6-4-5-12(3)9-13/h4-6,9,11,14H,7-8,10H2,1-3H3. The van der Waals surface area contributed by atoms with Gasteiger partial charge in [-0.25, -0.2) is 0 Å². The van der Waals surface area contributed by atoms with Crippen molar-refractivity contribution in [3.8, 4) is 0 Å². The van der Waals surface area contributed by atoms with Crippen LogP contribution in [0, 0.1) is 12.8 Å². The molecule has 2 heteroatoms. The summed E-state index contributed by atoms with van der Waals surface area (Å²) in [5, 5.41) is 0. The van der Waals surface area contributed by atoms with E-state index in [1.807, 2.05) is 0 Å². The molecular weight excluding hydrogens is 311 g/mol. The molecule has 1 nitrogen and oxygen atoms in total. The maximum atomic E-state index is 5.94. The molecule has 1 atom stereocenters. The van der Waals surface area contributed by atoms with Crippen LogP contribution in [0.15, 0.2) is 24.3 Å². The molecule has 0 radical (unpaired) electrons. The molecule has 0 heterocycles. The number of benzene rings is 1. The summed E-state index contributed by atoms with van der Waals surface area (Å²) in [5.41, 5.74) is 2.61. The van der Waals surface area contributed by atoms with Gasteiger partial charge in [-0.3, -0.25) is 0 Å². The second-order valence-electron chi connectivity index (χ2n) is 4.61. The van der Waals surface area contributed by atoms with E-state index in [9.17, 15) is 0 Å². The molecule has 16 heavy (non-hydrogen) atoms. The van der Waals surface area contributed by atoms with Crippen molar-refractivity contribution >= 4 is 22.6 Å². The van der Waals surface area contributed by atoms with Crippen molar-refractivity contribution in [2.45, 2.75) is 33.3 Å². The van der Waals surface area contributed by atoms with E-state index < -0.39 is 0 Å². The van der Waals surface area contributed by atoms with Crippen molar-refractivity contribution in [3.63, 3.8) is 0 Å². The smallest absolute Gasteiger partial charge is 0.0914 e. The van der Waals surface area contributed by atoms with Crippen LogP contribution in [0.1, 0.15) is 37.5 Å². The van der Waals surface area contributed by atoms with Crippen LogP contribution < -0.4 is 0 Å². The zero-order valence-corrected chi connectivity index (χ0v) is 12.5. The molecule has 1 unspecified atom stereocenters. The van der Waals surface area contributed by atoms with Crippen molar-refractivity contribution < 1.29 is 4.74 Å². The fourth-order valence-electron chi connectivity index (χ4n) is 1.55. The highest BCUT2D eigenvalue weighted by Crippen LogP contribution is 2.21. The maximum Gasteiger partial charge on any atom is 0.0914 e. The Hall–Kier alpha value is -0.0900. The van der Waals surface area contributed by atoms with Crippen LogP contribution in [0.25, 0.3) is 0 Å². The number of hydrogen-bond donors (Lipinski definition) is 0. The largest absolute Gasteiger partial charge is 0.373 e. The summed E-state index contributed by atoms with van der Waals surface area (Å²) in [6, 6.07) is 8.61. The van der Waals surface area contributed by atoms with Crippen LogP contribution in [0.4, 0.5) is 0 Å². The molecule has 90 valence electrons. The minimum absolute atomic E-state index is 0.249. The van der Waals surface area contributed by atoms with Gasteiger partial charge in [0.05, 0.1) is 6.10 Å². The minimum atomic E-state index is 0.249. The average Bonchev–Trinajstić information content (AvgIpc) is 2.24. The van der Waals surface area contributed by atoms with Gasteiger partial charge in [0.25, 0.3) is 0 Å². The fourth-order valence-corrected chi connectivity index (χ4v) is 2.31. The van der Waals surface area contributed by atoms with Gasteiger partial charge in [-0.05, 0) is 24.8 Å². The predicted octanol–water partition coefficient (Wildman–Crippen LogP) is 4.53. The Kier molecular flexibility index (Phi) is 6.36. The van der Waals surface area contributed by atoms with Crippen LogP contribution in [-0.2, 0) is 4.74 Å². The molecule has 0 bridgehead atoms. The Labute approximate surface area is 113 Å². The molecule has 1 rings (SSSR count). The fraction of sp³-hybridized carbons (Fsp3) is 0.571. The monoisotopic (exact) mass is 332 g/mol. The van der Waals surface area contributed by atoms with Gasteiger partial charge < -0.3 is 4.74 Å². The lowest BCUT2D eigenvalue weighted by Crippen LogP contribution is -2.08. The van der Waals surface area contributed by atoms with Crippen molar-refractivity contribution in [2.75, 3.05) is 11.0 Å². The quantitative estimate of drug-likeness (QED) is 0.549. The SMILES string of the molecule is Cc1cccc(C(CI)OCCC(C)C)c1.